The highest BCUT2D eigenvalue weighted by molar-refractivity contribution is 5.85. The molecular weight excluding hydrogens is 284 g/mol. The zero-order chi connectivity index (χ0) is 16.7. The molecule has 0 saturated heterocycles. The van der Waals surface area contributed by atoms with Crippen LogP contribution in [0.4, 0.5) is 0 Å². The number of nitriles is 1. The van der Waals surface area contributed by atoms with Crippen LogP contribution in [-0.2, 0) is 14.3 Å². The van der Waals surface area contributed by atoms with Gasteiger partial charge >= 0.3 is 5.97 Å². The van der Waals surface area contributed by atoms with Gasteiger partial charge in [0, 0.05) is 6.04 Å². The summed E-state index contributed by atoms with van der Waals surface area (Å²) in [6, 6.07) is 8.33. The molecule has 0 aliphatic rings. The molecule has 1 unspecified atom stereocenters. The van der Waals surface area contributed by atoms with E-state index in [0.717, 1.165) is 0 Å². The van der Waals surface area contributed by atoms with Crippen molar-refractivity contribution in [3.63, 3.8) is 0 Å². The summed E-state index contributed by atoms with van der Waals surface area (Å²) in [5, 5.41) is 8.74. The van der Waals surface area contributed by atoms with E-state index in [0.29, 0.717) is 11.3 Å². The fourth-order valence-corrected chi connectivity index (χ4v) is 1.81. The van der Waals surface area contributed by atoms with E-state index in [-0.39, 0.29) is 18.5 Å². The zero-order valence-electron chi connectivity index (χ0n) is 13.2. The monoisotopic (exact) mass is 304 g/mol. The molecule has 0 radical (unpaired) electrons. The van der Waals surface area contributed by atoms with Gasteiger partial charge in [0.1, 0.15) is 12.3 Å². The highest BCUT2D eigenvalue weighted by Crippen LogP contribution is 2.15. The van der Waals surface area contributed by atoms with Crippen LogP contribution in [0, 0.1) is 11.3 Å². The Bertz CT molecular complexity index is 561. The third-order valence-electron chi connectivity index (χ3n) is 3.08. The van der Waals surface area contributed by atoms with Gasteiger partial charge in [-0.05, 0) is 45.0 Å². The van der Waals surface area contributed by atoms with Crippen LogP contribution in [0.25, 0.3) is 0 Å². The van der Waals surface area contributed by atoms with Crippen molar-refractivity contribution in [2.24, 2.45) is 0 Å². The normalized spacial score (nSPS) is 11.5. The second-order valence-corrected chi connectivity index (χ2v) is 5.03. The smallest absolute Gasteiger partial charge is 0.325 e. The molecule has 0 bridgehead atoms. The molecule has 0 N–H and O–H groups in total. The summed E-state index contributed by atoms with van der Waals surface area (Å²) in [4.78, 5) is 25.2. The van der Waals surface area contributed by atoms with Crippen LogP contribution >= 0.6 is 0 Å². The van der Waals surface area contributed by atoms with Crippen molar-refractivity contribution in [2.75, 3.05) is 13.7 Å². The van der Waals surface area contributed by atoms with E-state index in [1.807, 2.05) is 19.9 Å². The maximum absolute atomic E-state index is 12.4. The minimum absolute atomic E-state index is 0.117. The first-order valence-electron chi connectivity index (χ1n) is 6.93. The summed E-state index contributed by atoms with van der Waals surface area (Å²) >= 11 is 0. The summed E-state index contributed by atoms with van der Waals surface area (Å²) in [5.74, 6) is -0.293. The average molecular weight is 304 g/mol. The van der Waals surface area contributed by atoms with Gasteiger partial charge in [0.15, 0.2) is 6.10 Å². The molecule has 0 spiro atoms. The Balaban J connectivity index is 2.76. The molecule has 1 aromatic carbocycles. The number of ether oxygens (including phenoxy) is 2. The maximum Gasteiger partial charge on any atom is 0.325 e. The second-order valence-electron chi connectivity index (χ2n) is 5.03. The fraction of sp³-hybridized carbons (Fsp3) is 0.438. The van der Waals surface area contributed by atoms with Crippen LogP contribution in [-0.4, -0.2) is 42.6 Å². The van der Waals surface area contributed by atoms with Gasteiger partial charge in [0.05, 0.1) is 18.7 Å². The molecule has 1 atom stereocenters. The molecule has 1 amide bonds. The summed E-state index contributed by atoms with van der Waals surface area (Å²) in [6.45, 7) is 5.13. The average Bonchev–Trinajstić information content (AvgIpc) is 2.51. The molecule has 22 heavy (non-hydrogen) atoms. The number of carbonyl (C=O) groups excluding carboxylic acids is 2. The number of methoxy groups -OCH3 is 1. The lowest BCUT2D eigenvalue weighted by molar-refractivity contribution is -0.150. The van der Waals surface area contributed by atoms with Crippen LogP contribution in [0.3, 0.4) is 0 Å². The SMILES string of the molecule is COC(=O)CN(C(=O)C(C)Oc1ccc(C#N)cc1)C(C)C. The standard InChI is InChI=1S/C16H20N2O4/c1-11(2)18(10-15(19)21-4)16(20)12(3)22-14-7-5-13(9-17)6-8-14/h5-8,11-12H,10H2,1-4H3. The Labute approximate surface area is 130 Å². The predicted octanol–water partition coefficient (Wildman–Crippen LogP) is 1.74. The van der Waals surface area contributed by atoms with Crippen molar-refractivity contribution in [1.82, 2.24) is 4.90 Å². The van der Waals surface area contributed by atoms with Gasteiger partial charge in [-0.3, -0.25) is 9.59 Å². The van der Waals surface area contributed by atoms with E-state index >= 15 is 0 Å². The van der Waals surface area contributed by atoms with Crippen LogP contribution in [0.1, 0.15) is 26.3 Å². The van der Waals surface area contributed by atoms with E-state index in [4.69, 9.17) is 10.00 Å². The first-order valence-corrected chi connectivity index (χ1v) is 6.93. The number of hydrogen-bond donors (Lipinski definition) is 0. The quantitative estimate of drug-likeness (QED) is 0.748. The molecule has 0 aromatic heterocycles. The van der Waals surface area contributed by atoms with E-state index in [1.165, 1.54) is 12.0 Å². The minimum atomic E-state index is -0.750. The molecule has 0 heterocycles. The van der Waals surface area contributed by atoms with E-state index in [9.17, 15) is 9.59 Å². The lowest BCUT2D eigenvalue weighted by atomic mass is 10.2. The number of carbonyl (C=O) groups is 2. The second kappa shape index (κ2) is 8.03. The Hall–Kier alpha value is -2.55. The molecule has 0 fully saturated rings. The van der Waals surface area contributed by atoms with Crippen molar-refractivity contribution in [2.45, 2.75) is 32.9 Å². The topological polar surface area (TPSA) is 79.6 Å². The lowest BCUT2D eigenvalue weighted by Gasteiger charge is -2.28. The Morgan fingerprint density at radius 2 is 1.82 bits per heavy atom. The summed E-state index contributed by atoms with van der Waals surface area (Å²) < 4.78 is 10.2. The van der Waals surface area contributed by atoms with Gasteiger partial charge < -0.3 is 14.4 Å². The van der Waals surface area contributed by atoms with Crippen molar-refractivity contribution < 1.29 is 19.1 Å². The van der Waals surface area contributed by atoms with E-state index in [2.05, 4.69) is 4.74 Å². The molecule has 6 nitrogen and oxygen atoms in total. The highest BCUT2D eigenvalue weighted by atomic mass is 16.5. The first kappa shape index (κ1) is 17.5. The summed E-state index contributed by atoms with van der Waals surface area (Å²) in [5.41, 5.74) is 0.515. The van der Waals surface area contributed by atoms with Gasteiger partial charge in [-0.1, -0.05) is 0 Å². The van der Waals surface area contributed by atoms with Crippen LogP contribution in [0.15, 0.2) is 24.3 Å². The predicted molar refractivity (Wildman–Crippen MR) is 80.1 cm³/mol. The zero-order valence-corrected chi connectivity index (χ0v) is 13.2. The van der Waals surface area contributed by atoms with Crippen molar-refractivity contribution in [3.05, 3.63) is 29.8 Å². The molecule has 0 saturated carbocycles. The number of esters is 1. The number of hydrogen-bond acceptors (Lipinski definition) is 5. The number of benzene rings is 1. The van der Waals surface area contributed by atoms with Crippen LogP contribution in [0.2, 0.25) is 0 Å². The minimum Gasteiger partial charge on any atom is -0.481 e. The number of amides is 1. The van der Waals surface area contributed by atoms with Crippen molar-refractivity contribution in [3.8, 4) is 11.8 Å². The molecule has 1 rings (SSSR count). The molecule has 1 aromatic rings. The molecule has 0 aliphatic heterocycles. The highest BCUT2D eigenvalue weighted by Gasteiger charge is 2.26. The van der Waals surface area contributed by atoms with E-state index in [1.54, 1.807) is 31.2 Å². The Morgan fingerprint density at radius 3 is 2.27 bits per heavy atom. The van der Waals surface area contributed by atoms with Crippen molar-refractivity contribution in [1.29, 1.82) is 5.26 Å². The third-order valence-corrected chi connectivity index (χ3v) is 3.08. The van der Waals surface area contributed by atoms with Crippen LogP contribution < -0.4 is 4.74 Å². The Morgan fingerprint density at radius 1 is 1.23 bits per heavy atom. The van der Waals surface area contributed by atoms with Gasteiger partial charge in [0.25, 0.3) is 5.91 Å². The van der Waals surface area contributed by atoms with Crippen LogP contribution in [0.5, 0.6) is 5.75 Å². The third kappa shape index (κ3) is 4.77. The molecule has 118 valence electrons. The number of rotatable bonds is 6. The molecule has 0 aliphatic carbocycles. The summed E-state index contributed by atoms with van der Waals surface area (Å²) in [7, 11) is 1.28. The molecule has 6 heteroatoms. The fourth-order valence-electron chi connectivity index (χ4n) is 1.81. The van der Waals surface area contributed by atoms with Gasteiger partial charge in [0.2, 0.25) is 0 Å². The van der Waals surface area contributed by atoms with Gasteiger partial charge in [-0.2, -0.15) is 5.26 Å². The molecular formula is C16H20N2O4. The number of nitrogens with zero attached hydrogens (tertiary/aromatic N) is 2. The van der Waals surface area contributed by atoms with Gasteiger partial charge in [-0.25, -0.2) is 0 Å². The summed E-state index contributed by atoms with van der Waals surface area (Å²) in [6.07, 6.45) is -0.750. The Kier molecular flexibility index (Phi) is 6.39. The van der Waals surface area contributed by atoms with Crippen molar-refractivity contribution >= 4 is 11.9 Å². The van der Waals surface area contributed by atoms with Gasteiger partial charge in [-0.15, -0.1) is 0 Å². The van der Waals surface area contributed by atoms with E-state index < -0.39 is 12.1 Å². The largest absolute Gasteiger partial charge is 0.481 e. The lowest BCUT2D eigenvalue weighted by Crippen LogP contribution is -2.47. The first-order chi connectivity index (χ1) is 10.4. The maximum atomic E-state index is 12.4.